The first-order valence-corrected chi connectivity index (χ1v) is 7.51. The van der Waals surface area contributed by atoms with Gasteiger partial charge in [0.05, 0.1) is 12.7 Å². The lowest BCUT2D eigenvalue weighted by Crippen LogP contribution is -2.31. The number of carbonyl (C=O) groups excluding carboxylic acids is 1. The molecule has 0 saturated heterocycles. The molecule has 0 aliphatic heterocycles. The Morgan fingerprint density at radius 1 is 1.38 bits per heavy atom. The van der Waals surface area contributed by atoms with Crippen molar-refractivity contribution in [1.29, 1.82) is 0 Å². The van der Waals surface area contributed by atoms with Crippen molar-refractivity contribution >= 4 is 11.8 Å². The first-order chi connectivity index (χ1) is 11.5. The zero-order valence-corrected chi connectivity index (χ0v) is 13.6. The molecule has 130 valence electrons. The Hall–Kier alpha value is -2.48. The Kier molecular flexibility index (Phi) is 6.25. The van der Waals surface area contributed by atoms with Crippen LogP contribution in [0.2, 0.25) is 0 Å². The molecule has 0 unspecified atom stereocenters. The average Bonchev–Trinajstić information content (AvgIpc) is 2.88. The standard InChI is InChI=1S/C16H20F2N4O2/c1-11-9-20-22(10-12-8-13(17)4-5-14(12)18)15(11)21-16(23)19-6-3-7-24-2/h4-5,8-9H,3,6-7,10H2,1-2H3,(H2,19,21,23). The molecule has 0 aliphatic rings. The first kappa shape index (κ1) is 17.9. The molecule has 2 rings (SSSR count). The van der Waals surface area contributed by atoms with Crippen molar-refractivity contribution in [2.75, 3.05) is 25.6 Å². The Morgan fingerprint density at radius 3 is 2.92 bits per heavy atom. The molecule has 1 heterocycles. The van der Waals surface area contributed by atoms with Crippen LogP contribution in [0.15, 0.2) is 24.4 Å². The normalized spacial score (nSPS) is 10.7. The van der Waals surface area contributed by atoms with Crippen LogP contribution in [0.5, 0.6) is 0 Å². The van der Waals surface area contributed by atoms with Gasteiger partial charge in [0.2, 0.25) is 0 Å². The number of nitrogens with one attached hydrogen (secondary N) is 2. The minimum atomic E-state index is -0.528. The van der Waals surface area contributed by atoms with Gasteiger partial charge in [-0.1, -0.05) is 0 Å². The third-order valence-electron chi connectivity index (χ3n) is 3.39. The second-order valence-electron chi connectivity index (χ2n) is 5.30. The minimum Gasteiger partial charge on any atom is -0.385 e. The lowest BCUT2D eigenvalue weighted by atomic mass is 10.2. The number of nitrogens with zero attached hydrogens (tertiary/aromatic N) is 2. The second kappa shape index (κ2) is 8.39. The number of hydrogen-bond acceptors (Lipinski definition) is 3. The summed E-state index contributed by atoms with van der Waals surface area (Å²) in [4.78, 5) is 11.9. The summed E-state index contributed by atoms with van der Waals surface area (Å²) in [5.41, 5.74) is 0.875. The van der Waals surface area contributed by atoms with Crippen LogP contribution >= 0.6 is 0 Å². The molecule has 2 N–H and O–H groups in total. The summed E-state index contributed by atoms with van der Waals surface area (Å²) in [7, 11) is 1.59. The number of rotatable bonds is 7. The highest BCUT2D eigenvalue weighted by Crippen LogP contribution is 2.18. The van der Waals surface area contributed by atoms with Crippen LogP contribution in [0.4, 0.5) is 19.4 Å². The predicted molar refractivity (Wildman–Crippen MR) is 85.9 cm³/mol. The molecule has 8 heteroatoms. The molecular formula is C16H20F2N4O2. The van der Waals surface area contributed by atoms with Gasteiger partial charge in [-0.15, -0.1) is 0 Å². The Balaban J connectivity index is 2.05. The lowest BCUT2D eigenvalue weighted by Gasteiger charge is -2.12. The number of ether oxygens (including phenoxy) is 1. The van der Waals surface area contributed by atoms with E-state index < -0.39 is 17.7 Å². The number of hydrogen-bond donors (Lipinski definition) is 2. The molecule has 0 saturated carbocycles. The number of aryl methyl sites for hydroxylation is 1. The van der Waals surface area contributed by atoms with Crippen LogP contribution in [0.25, 0.3) is 0 Å². The van der Waals surface area contributed by atoms with Gasteiger partial charge in [0.15, 0.2) is 0 Å². The average molecular weight is 338 g/mol. The third-order valence-corrected chi connectivity index (χ3v) is 3.39. The predicted octanol–water partition coefficient (Wildman–Crippen LogP) is 2.68. The summed E-state index contributed by atoms with van der Waals surface area (Å²) in [6.45, 7) is 2.80. The van der Waals surface area contributed by atoms with E-state index in [2.05, 4.69) is 15.7 Å². The van der Waals surface area contributed by atoms with Crippen LogP contribution in [0, 0.1) is 18.6 Å². The van der Waals surface area contributed by atoms with Gasteiger partial charge < -0.3 is 10.1 Å². The highest BCUT2D eigenvalue weighted by Gasteiger charge is 2.13. The largest absolute Gasteiger partial charge is 0.385 e. The molecule has 0 fully saturated rings. The first-order valence-electron chi connectivity index (χ1n) is 7.51. The van der Waals surface area contributed by atoms with E-state index in [4.69, 9.17) is 4.74 Å². The Bertz CT molecular complexity index is 703. The van der Waals surface area contributed by atoms with Gasteiger partial charge in [-0.25, -0.2) is 18.3 Å². The van der Waals surface area contributed by atoms with Gasteiger partial charge in [-0.3, -0.25) is 5.32 Å². The molecule has 2 aromatic rings. The number of methoxy groups -OCH3 is 1. The van der Waals surface area contributed by atoms with Gasteiger partial charge >= 0.3 is 6.03 Å². The summed E-state index contributed by atoms with van der Waals surface area (Å²) in [5, 5.41) is 9.48. The van der Waals surface area contributed by atoms with E-state index in [9.17, 15) is 13.6 Å². The fraction of sp³-hybridized carbons (Fsp3) is 0.375. The fourth-order valence-corrected chi connectivity index (χ4v) is 2.16. The Morgan fingerprint density at radius 2 is 2.17 bits per heavy atom. The van der Waals surface area contributed by atoms with E-state index in [0.717, 1.165) is 23.8 Å². The molecule has 0 aliphatic carbocycles. The van der Waals surface area contributed by atoms with E-state index in [1.54, 1.807) is 20.2 Å². The maximum atomic E-state index is 13.8. The zero-order valence-electron chi connectivity index (χ0n) is 13.6. The van der Waals surface area contributed by atoms with Crippen molar-refractivity contribution < 1.29 is 18.3 Å². The molecule has 1 aromatic carbocycles. The summed E-state index contributed by atoms with van der Waals surface area (Å²) >= 11 is 0. The van der Waals surface area contributed by atoms with Crippen molar-refractivity contribution in [2.24, 2.45) is 0 Å². The minimum absolute atomic E-state index is 0.0106. The molecule has 24 heavy (non-hydrogen) atoms. The number of carbonyl (C=O) groups is 1. The maximum Gasteiger partial charge on any atom is 0.320 e. The highest BCUT2D eigenvalue weighted by atomic mass is 19.1. The molecule has 1 aromatic heterocycles. The topological polar surface area (TPSA) is 68.2 Å². The quantitative estimate of drug-likeness (QED) is 0.763. The van der Waals surface area contributed by atoms with Crippen molar-refractivity contribution in [3.05, 3.63) is 47.2 Å². The second-order valence-corrected chi connectivity index (χ2v) is 5.30. The van der Waals surface area contributed by atoms with Gasteiger partial charge in [0.25, 0.3) is 0 Å². The maximum absolute atomic E-state index is 13.8. The van der Waals surface area contributed by atoms with E-state index in [-0.39, 0.29) is 12.1 Å². The zero-order chi connectivity index (χ0) is 17.5. The van der Waals surface area contributed by atoms with Crippen LogP contribution < -0.4 is 10.6 Å². The molecule has 0 spiro atoms. The molecule has 0 bridgehead atoms. The number of anilines is 1. The number of aromatic nitrogens is 2. The summed E-state index contributed by atoms with van der Waals surface area (Å²) < 4.78 is 33.4. The number of urea groups is 1. The fourth-order valence-electron chi connectivity index (χ4n) is 2.16. The lowest BCUT2D eigenvalue weighted by molar-refractivity contribution is 0.194. The molecule has 0 atom stereocenters. The van der Waals surface area contributed by atoms with Gasteiger partial charge in [-0.2, -0.15) is 5.10 Å². The monoisotopic (exact) mass is 338 g/mol. The van der Waals surface area contributed by atoms with Crippen molar-refractivity contribution in [1.82, 2.24) is 15.1 Å². The SMILES string of the molecule is COCCCNC(=O)Nc1c(C)cnn1Cc1cc(F)ccc1F. The van der Waals surface area contributed by atoms with E-state index in [1.807, 2.05) is 0 Å². The van der Waals surface area contributed by atoms with Crippen molar-refractivity contribution in [3.8, 4) is 0 Å². The molecular weight excluding hydrogens is 318 g/mol. The summed E-state index contributed by atoms with van der Waals surface area (Å²) in [6.07, 6.45) is 2.24. The van der Waals surface area contributed by atoms with Crippen molar-refractivity contribution in [2.45, 2.75) is 19.9 Å². The van der Waals surface area contributed by atoms with Crippen LogP contribution in [-0.4, -0.2) is 36.1 Å². The number of halogens is 2. The van der Waals surface area contributed by atoms with Crippen LogP contribution in [-0.2, 0) is 11.3 Å². The third kappa shape index (κ3) is 4.76. The van der Waals surface area contributed by atoms with Crippen LogP contribution in [0.3, 0.4) is 0 Å². The van der Waals surface area contributed by atoms with E-state index in [1.165, 1.54) is 4.68 Å². The smallest absolute Gasteiger partial charge is 0.320 e. The number of benzene rings is 1. The number of amides is 2. The van der Waals surface area contributed by atoms with Gasteiger partial charge in [0.1, 0.15) is 17.5 Å². The highest BCUT2D eigenvalue weighted by molar-refractivity contribution is 5.89. The van der Waals surface area contributed by atoms with Gasteiger partial charge in [-0.05, 0) is 31.5 Å². The Labute approximate surface area is 138 Å². The molecule has 2 amide bonds. The molecule has 0 radical (unpaired) electrons. The summed E-state index contributed by atoms with van der Waals surface area (Å²) in [6, 6.07) is 2.84. The van der Waals surface area contributed by atoms with Crippen LogP contribution in [0.1, 0.15) is 17.5 Å². The van der Waals surface area contributed by atoms with E-state index in [0.29, 0.717) is 25.4 Å². The van der Waals surface area contributed by atoms with E-state index >= 15 is 0 Å². The summed E-state index contributed by atoms with van der Waals surface area (Å²) in [5.74, 6) is -0.622. The molecule has 6 nitrogen and oxygen atoms in total. The van der Waals surface area contributed by atoms with Crippen molar-refractivity contribution in [3.63, 3.8) is 0 Å². The van der Waals surface area contributed by atoms with Gasteiger partial charge in [0, 0.05) is 31.4 Å².